The van der Waals surface area contributed by atoms with E-state index < -0.39 is 0 Å². The Morgan fingerprint density at radius 2 is 2.18 bits per heavy atom. The lowest BCUT2D eigenvalue weighted by Gasteiger charge is -2.08. The first-order valence-electron chi connectivity index (χ1n) is 5.94. The van der Waals surface area contributed by atoms with E-state index in [0.29, 0.717) is 5.56 Å². The van der Waals surface area contributed by atoms with Gasteiger partial charge < -0.3 is 10.6 Å². The summed E-state index contributed by atoms with van der Waals surface area (Å²) in [6.45, 7) is 8.49. The lowest BCUT2D eigenvalue weighted by atomic mass is 10.2. The van der Waals surface area contributed by atoms with E-state index >= 15 is 0 Å². The fourth-order valence-electron chi connectivity index (χ4n) is 1.47. The van der Waals surface area contributed by atoms with Crippen molar-refractivity contribution in [2.75, 3.05) is 11.9 Å². The van der Waals surface area contributed by atoms with Gasteiger partial charge in [0.05, 0.1) is 0 Å². The molecular formula is C14H20N2O. The van der Waals surface area contributed by atoms with Gasteiger partial charge in [-0.15, -0.1) is 0 Å². The summed E-state index contributed by atoms with van der Waals surface area (Å²) < 4.78 is 0. The summed E-state index contributed by atoms with van der Waals surface area (Å²) in [7, 11) is 0. The number of carbonyl (C=O) groups is 1. The zero-order chi connectivity index (χ0) is 12.7. The molecule has 3 nitrogen and oxygen atoms in total. The number of amides is 1. The molecule has 0 fully saturated rings. The van der Waals surface area contributed by atoms with Gasteiger partial charge >= 0.3 is 0 Å². The van der Waals surface area contributed by atoms with Crippen LogP contribution in [0.15, 0.2) is 36.5 Å². The molecule has 0 saturated heterocycles. The van der Waals surface area contributed by atoms with Gasteiger partial charge in [0.15, 0.2) is 0 Å². The smallest absolute Gasteiger partial charge is 0.251 e. The van der Waals surface area contributed by atoms with Crippen molar-refractivity contribution in [2.45, 2.75) is 26.7 Å². The van der Waals surface area contributed by atoms with E-state index in [1.165, 1.54) is 0 Å². The summed E-state index contributed by atoms with van der Waals surface area (Å²) in [6.07, 6.45) is 2.09. The normalized spacial score (nSPS) is 9.76. The molecule has 0 aliphatic carbocycles. The van der Waals surface area contributed by atoms with Crippen LogP contribution >= 0.6 is 0 Å². The number of hydrogen-bond acceptors (Lipinski definition) is 2. The second-order valence-corrected chi connectivity index (χ2v) is 4.10. The SMILES string of the molecule is C=C(C)Nc1cccc(C(=O)NCCCC)c1. The predicted octanol–water partition coefficient (Wildman–Crippen LogP) is 3.16. The molecule has 92 valence electrons. The Morgan fingerprint density at radius 3 is 2.82 bits per heavy atom. The summed E-state index contributed by atoms with van der Waals surface area (Å²) in [5, 5.41) is 5.98. The van der Waals surface area contributed by atoms with E-state index in [4.69, 9.17) is 0 Å². The van der Waals surface area contributed by atoms with Gasteiger partial charge in [-0.1, -0.05) is 26.0 Å². The van der Waals surface area contributed by atoms with Crippen LogP contribution in [0.2, 0.25) is 0 Å². The minimum atomic E-state index is -0.0242. The Bertz CT molecular complexity index is 399. The summed E-state index contributed by atoms with van der Waals surface area (Å²) in [5.41, 5.74) is 2.42. The third-order valence-electron chi connectivity index (χ3n) is 2.30. The van der Waals surface area contributed by atoms with Crippen molar-refractivity contribution in [1.29, 1.82) is 0 Å². The van der Waals surface area contributed by atoms with Gasteiger partial charge in [-0.3, -0.25) is 4.79 Å². The van der Waals surface area contributed by atoms with Crippen molar-refractivity contribution < 1.29 is 4.79 Å². The molecule has 0 spiro atoms. The second kappa shape index (κ2) is 6.74. The molecule has 17 heavy (non-hydrogen) atoms. The Balaban J connectivity index is 2.63. The molecule has 0 aliphatic rings. The topological polar surface area (TPSA) is 41.1 Å². The minimum absolute atomic E-state index is 0.0242. The Labute approximate surface area is 103 Å². The maximum Gasteiger partial charge on any atom is 0.251 e. The molecule has 0 aromatic heterocycles. The lowest BCUT2D eigenvalue weighted by Crippen LogP contribution is -2.24. The zero-order valence-corrected chi connectivity index (χ0v) is 10.5. The number of allylic oxidation sites excluding steroid dienone is 1. The number of carbonyl (C=O) groups excluding carboxylic acids is 1. The van der Waals surface area contributed by atoms with Crippen LogP contribution in [-0.2, 0) is 0 Å². The number of nitrogens with one attached hydrogen (secondary N) is 2. The summed E-state index contributed by atoms with van der Waals surface area (Å²) in [5.74, 6) is -0.0242. The number of rotatable bonds is 6. The molecule has 0 aliphatic heterocycles. The highest BCUT2D eigenvalue weighted by Crippen LogP contribution is 2.12. The Kier molecular flexibility index (Phi) is 5.27. The highest BCUT2D eigenvalue weighted by atomic mass is 16.1. The van der Waals surface area contributed by atoms with E-state index in [1.54, 1.807) is 0 Å². The standard InChI is InChI=1S/C14H20N2O/c1-4-5-9-15-14(17)12-7-6-8-13(10-12)16-11(2)3/h6-8,10,16H,2,4-5,9H2,1,3H3,(H,15,17). The van der Waals surface area contributed by atoms with Crippen molar-refractivity contribution in [1.82, 2.24) is 5.32 Å². The van der Waals surface area contributed by atoms with Gasteiger partial charge in [-0.05, 0) is 31.5 Å². The van der Waals surface area contributed by atoms with Gasteiger partial charge in [0.25, 0.3) is 5.91 Å². The molecule has 0 atom stereocenters. The predicted molar refractivity (Wildman–Crippen MR) is 72.1 cm³/mol. The molecule has 2 N–H and O–H groups in total. The third kappa shape index (κ3) is 4.72. The summed E-state index contributed by atoms with van der Waals surface area (Å²) in [6, 6.07) is 7.42. The fourth-order valence-corrected chi connectivity index (χ4v) is 1.47. The van der Waals surface area contributed by atoms with E-state index in [-0.39, 0.29) is 5.91 Å². The highest BCUT2D eigenvalue weighted by molar-refractivity contribution is 5.95. The Hall–Kier alpha value is -1.77. The quantitative estimate of drug-likeness (QED) is 0.740. The minimum Gasteiger partial charge on any atom is -0.360 e. The molecule has 0 radical (unpaired) electrons. The monoisotopic (exact) mass is 232 g/mol. The molecule has 3 heteroatoms. The molecular weight excluding hydrogens is 212 g/mol. The van der Waals surface area contributed by atoms with Gasteiger partial charge in [0.2, 0.25) is 0 Å². The maximum absolute atomic E-state index is 11.8. The van der Waals surface area contributed by atoms with Crippen LogP contribution in [0.3, 0.4) is 0 Å². The fraction of sp³-hybridized carbons (Fsp3) is 0.357. The largest absolute Gasteiger partial charge is 0.360 e. The first-order valence-corrected chi connectivity index (χ1v) is 5.94. The van der Waals surface area contributed by atoms with Crippen molar-refractivity contribution in [3.05, 3.63) is 42.1 Å². The summed E-state index contributed by atoms with van der Waals surface area (Å²) >= 11 is 0. The maximum atomic E-state index is 11.8. The van der Waals surface area contributed by atoms with Gasteiger partial charge in [0, 0.05) is 23.5 Å². The zero-order valence-electron chi connectivity index (χ0n) is 10.5. The number of hydrogen-bond donors (Lipinski definition) is 2. The molecule has 0 bridgehead atoms. The molecule has 1 aromatic carbocycles. The molecule has 0 saturated carbocycles. The average Bonchev–Trinajstić information content (AvgIpc) is 2.28. The van der Waals surface area contributed by atoms with Crippen LogP contribution in [0.5, 0.6) is 0 Å². The van der Waals surface area contributed by atoms with E-state index in [9.17, 15) is 4.79 Å². The third-order valence-corrected chi connectivity index (χ3v) is 2.30. The van der Waals surface area contributed by atoms with Crippen LogP contribution in [0, 0.1) is 0 Å². The lowest BCUT2D eigenvalue weighted by molar-refractivity contribution is 0.0953. The van der Waals surface area contributed by atoms with Crippen molar-refractivity contribution in [3.8, 4) is 0 Å². The van der Waals surface area contributed by atoms with E-state index in [0.717, 1.165) is 30.8 Å². The summed E-state index contributed by atoms with van der Waals surface area (Å²) in [4.78, 5) is 11.8. The van der Waals surface area contributed by atoms with Crippen LogP contribution in [0.25, 0.3) is 0 Å². The molecule has 0 heterocycles. The number of benzene rings is 1. The molecule has 1 amide bonds. The van der Waals surface area contributed by atoms with Crippen molar-refractivity contribution in [2.24, 2.45) is 0 Å². The molecule has 1 aromatic rings. The van der Waals surface area contributed by atoms with E-state index in [1.807, 2.05) is 31.2 Å². The Morgan fingerprint density at radius 1 is 1.41 bits per heavy atom. The highest BCUT2D eigenvalue weighted by Gasteiger charge is 2.04. The van der Waals surface area contributed by atoms with Crippen LogP contribution in [0.1, 0.15) is 37.0 Å². The van der Waals surface area contributed by atoms with Gasteiger partial charge in [-0.25, -0.2) is 0 Å². The molecule has 1 rings (SSSR count). The first-order chi connectivity index (χ1) is 8.13. The number of anilines is 1. The van der Waals surface area contributed by atoms with Crippen molar-refractivity contribution in [3.63, 3.8) is 0 Å². The van der Waals surface area contributed by atoms with Gasteiger partial charge in [-0.2, -0.15) is 0 Å². The molecule has 0 unspecified atom stereocenters. The van der Waals surface area contributed by atoms with E-state index in [2.05, 4.69) is 24.1 Å². The van der Waals surface area contributed by atoms with Crippen LogP contribution < -0.4 is 10.6 Å². The average molecular weight is 232 g/mol. The second-order valence-electron chi connectivity index (χ2n) is 4.10. The number of unbranched alkanes of at least 4 members (excludes halogenated alkanes) is 1. The van der Waals surface area contributed by atoms with Crippen LogP contribution in [0.4, 0.5) is 5.69 Å². The van der Waals surface area contributed by atoms with Crippen molar-refractivity contribution >= 4 is 11.6 Å². The first kappa shape index (κ1) is 13.3. The van der Waals surface area contributed by atoms with Gasteiger partial charge in [0.1, 0.15) is 0 Å². The van der Waals surface area contributed by atoms with Crippen LogP contribution in [-0.4, -0.2) is 12.5 Å².